The van der Waals surface area contributed by atoms with Crippen LogP contribution in [0.15, 0.2) is 60.7 Å². The van der Waals surface area contributed by atoms with Gasteiger partial charge in [-0.2, -0.15) is 0 Å². The third-order valence-corrected chi connectivity index (χ3v) is 5.20. The topological polar surface area (TPSA) is 58.1 Å². The Hall–Kier alpha value is -3.21. The minimum absolute atomic E-state index is 0.0824. The third-order valence-electron chi connectivity index (χ3n) is 5.20. The van der Waals surface area contributed by atoms with Crippen LogP contribution in [0.1, 0.15) is 40.5 Å². The molecule has 1 N–H and O–H groups in total. The Morgan fingerprint density at radius 2 is 1.82 bits per heavy atom. The van der Waals surface area contributed by atoms with Crippen molar-refractivity contribution in [3.8, 4) is 11.4 Å². The zero-order valence-corrected chi connectivity index (χ0v) is 16.2. The number of hydrogen-bond donors (Lipinski definition) is 1. The molecule has 1 saturated heterocycles. The number of benzene rings is 2. The molecule has 0 radical (unpaired) electrons. The summed E-state index contributed by atoms with van der Waals surface area (Å²) in [5, 5.41) is 3.05. The molecule has 1 atom stereocenters. The normalized spacial score (nSPS) is 16.2. The highest BCUT2D eigenvalue weighted by molar-refractivity contribution is 5.95. The molecule has 1 fully saturated rings. The Labute approximate surface area is 165 Å². The van der Waals surface area contributed by atoms with E-state index in [9.17, 15) is 4.79 Å². The fourth-order valence-electron chi connectivity index (χ4n) is 3.78. The van der Waals surface area contributed by atoms with E-state index < -0.39 is 0 Å². The predicted molar refractivity (Wildman–Crippen MR) is 111 cm³/mol. The van der Waals surface area contributed by atoms with Gasteiger partial charge in [0.05, 0.1) is 6.04 Å². The summed E-state index contributed by atoms with van der Waals surface area (Å²) in [4.78, 5) is 24.1. The van der Waals surface area contributed by atoms with Crippen LogP contribution in [0.5, 0.6) is 0 Å². The van der Waals surface area contributed by atoms with Crippen LogP contribution in [-0.4, -0.2) is 34.4 Å². The SMILES string of the molecule is CNc1cc(C)nc(-c2ccc(C(=O)N3CCC[C@@H]3c3ccccc3)cc2)n1. The van der Waals surface area contributed by atoms with E-state index in [0.717, 1.165) is 36.5 Å². The zero-order chi connectivity index (χ0) is 19.5. The molecule has 1 aromatic heterocycles. The van der Waals surface area contributed by atoms with E-state index in [0.29, 0.717) is 11.4 Å². The van der Waals surface area contributed by atoms with Gasteiger partial charge in [-0.25, -0.2) is 9.97 Å². The van der Waals surface area contributed by atoms with E-state index in [4.69, 9.17) is 0 Å². The average Bonchev–Trinajstić information content (AvgIpc) is 3.23. The van der Waals surface area contributed by atoms with E-state index in [1.807, 2.05) is 67.4 Å². The van der Waals surface area contributed by atoms with E-state index in [2.05, 4.69) is 27.4 Å². The number of anilines is 1. The van der Waals surface area contributed by atoms with E-state index in [-0.39, 0.29) is 11.9 Å². The van der Waals surface area contributed by atoms with Crippen molar-refractivity contribution >= 4 is 11.7 Å². The molecule has 2 aromatic carbocycles. The standard InChI is InChI=1S/C23H24N4O/c1-16-15-21(24-2)26-22(25-16)18-10-12-19(13-11-18)23(28)27-14-6-9-20(27)17-7-4-3-5-8-17/h3-5,7-8,10-13,15,20H,6,9,14H2,1-2H3,(H,24,25,26)/t20-/m1/s1. The molecule has 28 heavy (non-hydrogen) atoms. The number of likely N-dealkylation sites (tertiary alicyclic amines) is 1. The summed E-state index contributed by atoms with van der Waals surface area (Å²) in [6.45, 7) is 2.74. The van der Waals surface area contributed by atoms with Gasteiger partial charge >= 0.3 is 0 Å². The molecule has 0 bridgehead atoms. The molecule has 1 amide bonds. The number of nitrogens with one attached hydrogen (secondary N) is 1. The smallest absolute Gasteiger partial charge is 0.254 e. The van der Waals surface area contributed by atoms with Gasteiger partial charge in [-0.15, -0.1) is 0 Å². The second-order valence-electron chi connectivity index (χ2n) is 7.11. The molecular formula is C23H24N4O. The lowest BCUT2D eigenvalue weighted by atomic mass is 10.0. The number of carbonyl (C=O) groups excluding carboxylic acids is 1. The van der Waals surface area contributed by atoms with Crippen molar-refractivity contribution in [2.24, 2.45) is 0 Å². The first-order valence-electron chi connectivity index (χ1n) is 9.65. The minimum Gasteiger partial charge on any atom is -0.373 e. The van der Waals surface area contributed by atoms with Gasteiger partial charge in [0, 0.05) is 36.5 Å². The molecule has 142 valence electrons. The first-order chi connectivity index (χ1) is 13.7. The van der Waals surface area contributed by atoms with Crippen molar-refractivity contribution in [1.82, 2.24) is 14.9 Å². The fraction of sp³-hybridized carbons (Fsp3) is 0.261. The molecule has 5 heteroatoms. The molecule has 1 aliphatic heterocycles. The molecule has 3 aromatic rings. The predicted octanol–water partition coefficient (Wildman–Crippen LogP) is 4.47. The van der Waals surface area contributed by atoms with Crippen LogP contribution in [0.25, 0.3) is 11.4 Å². The number of rotatable bonds is 4. The fourth-order valence-corrected chi connectivity index (χ4v) is 3.78. The van der Waals surface area contributed by atoms with Crippen LogP contribution in [0.3, 0.4) is 0 Å². The van der Waals surface area contributed by atoms with E-state index >= 15 is 0 Å². The number of aromatic nitrogens is 2. The van der Waals surface area contributed by atoms with Gasteiger partial charge in [-0.1, -0.05) is 42.5 Å². The largest absolute Gasteiger partial charge is 0.373 e. The van der Waals surface area contributed by atoms with Gasteiger partial charge in [-0.05, 0) is 37.5 Å². The molecule has 5 nitrogen and oxygen atoms in total. The van der Waals surface area contributed by atoms with Crippen LogP contribution < -0.4 is 5.32 Å². The van der Waals surface area contributed by atoms with Gasteiger partial charge in [-0.3, -0.25) is 4.79 Å². The Morgan fingerprint density at radius 1 is 1.07 bits per heavy atom. The molecule has 1 aliphatic rings. The summed E-state index contributed by atoms with van der Waals surface area (Å²) >= 11 is 0. The lowest BCUT2D eigenvalue weighted by Crippen LogP contribution is -2.30. The maximum absolute atomic E-state index is 13.1. The molecule has 2 heterocycles. The number of amides is 1. The molecular weight excluding hydrogens is 348 g/mol. The lowest BCUT2D eigenvalue weighted by molar-refractivity contribution is 0.0735. The van der Waals surface area contributed by atoms with Gasteiger partial charge in [0.2, 0.25) is 0 Å². The Balaban J connectivity index is 1.57. The highest BCUT2D eigenvalue weighted by atomic mass is 16.2. The second-order valence-corrected chi connectivity index (χ2v) is 7.11. The molecule has 0 aliphatic carbocycles. The van der Waals surface area contributed by atoms with Crippen molar-refractivity contribution in [2.75, 3.05) is 18.9 Å². The zero-order valence-electron chi connectivity index (χ0n) is 16.2. The van der Waals surface area contributed by atoms with Crippen LogP contribution in [0, 0.1) is 6.92 Å². The highest BCUT2D eigenvalue weighted by Gasteiger charge is 2.30. The monoisotopic (exact) mass is 372 g/mol. The van der Waals surface area contributed by atoms with Crippen LogP contribution in [0.2, 0.25) is 0 Å². The number of nitrogens with zero attached hydrogens (tertiary/aromatic N) is 3. The number of carbonyl (C=O) groups is 1. The Bertz CT molecular complexity index is 970. The minimum atomic E-state index is 0.0824. The van der Waals surface area contributed by atoms with Gasteiger partial charge < -0.3 is 10.2 Å². The van der Waals surface area contributed by atoms with Crippen molar-refractivity contribution in [2.45, 2.75) is 25.8 Å². The van der Waals surface area contributed by atoms with Gasteiger partial charge in [0.15, 0.2) is 5.82 Å². The third kappa shape index (κ3) is 3.60. The maximum atomic E-state index is 13.1. The second kappa shape index (κ2) is 7.80. The molecule has 0 saturated carbocycles. The average molecular weight is 372 g/mol. The maximum Gasteiger partial charge on any atom is 0.254 e. The van der Waals surface area contributed by atoms with Crippen LogP contribution in [0.4, 0.5) is 5.82 Å². The Morgan fingerprint density at radius 3 is 2.54 bits per heavy atom. The van der Waals surface area contributed by atoms with Crippen molar-refractivity contribution in [1.29, 1.82) is 0 Å². The van der Waals surface area contributed by atoms with Crippen molar-refractivity contribution in [3.63, 3.8) is 0 Å². The lowest BCUT2D eigenvalue weighted by Gasteiger charge is -2.25. The van der Waals surface area contributed by atoms with Crippen molar-refractivity contribution in [3.05, 3.63) is 77.5 Å². The first kappa shape index (κ1) is 18.2. The summed E-state index contributed by atoms with van der Waals surface area (Å²) in [6, 6.07) is 20.0. The molecule has 4 rings (SSSR count). The molecule has 0 unspecified atom stereocenters. The van der Waals surface area contributed by atoms with Crippen LogP contribution >= 0.6 is 0 Å². The summed E-state index contributed by atoms with van der Waals surface area (Å²) < 4.78 is 0. The highest BCUT2D eigenvalue weighted by Crippen LogP contribution is 2.33. The first-order valence-corrected chi connectivity index (χ1v) is 9.65. The van der Waals surface area contributed by atoms with Crippen LogP contribution in [-0.2, 0) is 0 Å². The van der Waals surface area contributed by atoms with Gasteiger partial charge in [0.1, 0.15) is 5.82 Å². The van der Waals surface area contributed by atoms with E-state index in [1.165, 1.54) is 5.56 Å². The van der Waals surface area contributed by atoms with Crippen molar-refractivity contribution < 1.29 is 4.79 Å². The number of aryl methyl sites for hydroxylation is 1. The van der Waals surface area contributed by atoms with Gasteiger partial charge in [0.25, 0.3) is 5.91 Å². The quantitative estimate of drug-likeness (QED) is 0.734. The summed E-state index contributed by atoms with van der Waals surface area (Å²) in [6.07, 6.45) is 2.05. The van der Waals surface area contributed by atoms with E-state index in [1.54, 1.807) is 0 Å². The summed E-state index contributed by atoms with van der Waals surface area (Å²) in [5.41, 5.74) is 3.71. The number of hydrogen-bond acceptors (Lipinski definition) is 4. The summed E-state index contributed by atoms with van der Waals surface area (Å²) in [7, 11) is 1.84. The molecule has 0 spiro atoms. The Kier molecular flexibility index (Phi) is 5.06. The summed E-state index contributed by atoms with van der Waals surface area (Å²) in [5.74, 6) is 1.52.